The minimum atomic E-state index is -1.37. The monoisotopic (exact) mass is 476 g/mol. The molecule has 1 aliphatic heterocycles. The SMILES string of the molecule is O=C(OC[C@H]1O[C@@H](n2cnc3c(=O)[nH]cnc32)[C@H](O)[C@@H]1OC(=O)c1ccccc1)c1ccccc1. The Balaban J connectivity index is 1.41. The summed E-state index contributed by atoms with van der Waals surface area (Å²) in [7, 11) is 0. The average Bonchev–Trinajstić information content (AvgIpc) is 3.45. The Morgan fingerprint density at radius 2 is 1.66 bits per heavy atom. The van der Waals surface area contributed by atoms with Crippen molar-refractivity contribution < 1.29 is 28.9 Å². The van der Waals surface area contributed by atoms with Gasteiger partial charge >= 0.3 is 11.9 Å². The fourth-order valence-corrected chi connectivity index (χ4v) is 3.86. The Morgan fingerprint density at radius 1 is 1.00 bits per heavy atom. The molecule has 1 aliphatic rings. The number of rotatable bonds is 6. The third-order valence-electron chi connectivity index (χ3n) is 5.59. The van der Waals surface area contributed by atoms with E-state index in [1.165, 1.54) is 17.2 Å². The third-order valence-corrected chi connectivity index (χ3v) is 5.59. The summed E-state index contributed by atoms with van der Waals surface area (Å²) in [4.78, 5) is 47.8. The summed E-state index contributed by atoms with van der Waals surface area (Å²) in [6.07, 6.45) is -2.17. The second-order valence-corrected chi connectivity index (χ2v) is 7.81. The number of fused-ring (bicyclic) bond motifs is 1. The Bertz CT molecular complexity index is 1400. The van der Waals surface area contributed by atoms with Crippen LogP contribution in [0.5, 0.6) is 0 Å². The van der Waals surface area contributed by atoms with Gasteiger partial charge in [0.1, 0.15) is 18.8 Å². The standard InChI is InChI=1S/C24H20N4O7/c29-18-19(35-24(32)15-9-5-2-6-10-15)16(11-33-23(31)14-7-3-1-4-8-14)34-22(18)28-13-27-17-20(28)25-12-26-21(17)30/h1-10,12-13,16,18-19,22,29H,11H2,(H,25,26,30)/t16-,18-,19-,22-/m1/s1. The molecule has 0 saturated carbocycles. The maximum atomic E-state index is 12.7. The van der Waals surface area contributed by atoms with Crippen LogP contribution < -0.4 is 5.56 Å². The van der Waals surface area contributed by atoms with Crippen LogP contribution in [-0.4, -0.2) is 61.5 Å². The summed E-state index contributed by atoms with van der Waals surface area (Å²) >= 11 is 0. The summed E-state index contributed by atoms with van der Waals surface area (Å²) in [5.41, 5.74) is 0.392. The lowest BCUT2D eigenvalue weighted by Gasteiger charge is -2.20. The zero-order valence-corrected chi connectivity index (χ0v) is 18.2. The van der Waals surface area contributed by atoms with E-state index in [0.717, 1.165) is 0 Å². The number of nitrogens with zero attached hydrogens (tertiary/aromatic N) is 3. The van der Waals surface area contributed by atoms with Crippen molar-refractivity contribution in [1.82, 2.24) is 19.5 Å². The Morgan fingerprint density at radius 3 is 2.34 bits per heavy atom. The highest BCUT2D eigenvalue weighted by Crippen LogP contribution is 2.33. The van der Waals surface area contributed by atoms with E-state index < -0.39 is 42.0 Å². The number of aliphatic hydroxyl groups excluding tert-OH is 1. The number of esters is 2. The lowest BCUT2D eigenvalue weighted by molar-refractivity contribution is -0.0585. The number of ether oxygens (including phenoxy) is 3. The van der Waals surface area contributed by atoms with Crippen molar-refractivity contribution in [2.45, 2.75) is 24.5 Å². The molecule has 35 heavy (non-hydrogen) atoms. The Kier molecular flexibility index (Phi) is 6.08. The molecule has 0 bridgehead atoms. The van der Waals surface area contributed by atoms with E-state index >= 15 is 0 Å². The first-order chi connectivity index (χ1) is 17.0. The van der Waals surface area contributed by atoms with Gasteiger partial charge in [-0.15, -0.1) is 0 Å². The van der Waals surface area contributed by atoms with Gasteiger partial charge in [-0.2, -0.15) is 0 Å². The molecule has 0 unspecified atom stereocenters. The first-order valence-corrected chi connectivity index (χ1v) is 10.7. The van der Waals surface area contributed by atoms with Crippen LogP contribution in [-0.2, 0) is 14.2 Å². The summed E-state index contributed by atoms with van der Waals surface area (Å²) in [5, 5.41) is 11.1. The molecule has 2 aromatic heterocycles. The molecular formula is C24H20N4O7. The van der Waals surface area contributed by atoms with Crippen molar-refractivity contribution in [1.29, 1.82) is 0 Å². The molecule has 1 saturated heterocycles. The first kappa shape index (κ1) is 22.4. The number of carbonyl (C=O) groups is 2. The number of aromatic amines is 1. The second-order valence-electron chi connectivity index (χ2n) is 7.81. The average molecular weight is 476 g/mol. The van der Waals surface area contributed by atoms with Crippen molar-refractivity contribution in [3.8, 4) is 0 Å². The van der Waals surface area contributed by atoms with E-state index in [4.69, 9.17) is 14.2 Å². The fraction of sp³-hybridized carbons (Fsp3) is 0.208. The second kappa shape index (κ2) is 9.49. The van der Waals surface area contributed by atoms with Crippen LogP contribution in [0.25, 0.3) is 11.2 Å². The molecule has 11 nitrogen and oxygen atoms in total. The van der Waals surface area contributed by atoms with Gasteiger partial charge in [-0.1, -0.05) is 36.4 Å². The number of benzene rings is 2. The minimum Gasteiger partial charge on any atom is -0.459 e. The molecule has 1 fully saturated rings. The molecule has 0 amide bonds. The molecule has 11 heteroatoms. The number of aliphatic hydroxyl groups is 1. The molecule has 2 aromatic carbocycles. The molecule has 0 radical (unpaired) electrons. The van der Waals surface area contributed by atoms with Crippen LogP contribution in [0.1, 0.15) is 26.9 Å². The Hall–Kier alpha value is -4.35. The minimum absolute atomic E-state index is 0.0556. The van der Waals surface area contributed by atoms with Crippen LogP contribution >= 0.6 is 0 Å². The van der Waals surface area contributed by atoms with Crippen LogP contribution in [0.3, 0.4) is 0 Å². The lowest BCUT2D eigenvalue weighted by atomic mass is 10.1. The van der Waals surface area contributed by atoms with E-state index in [1.54, 1.807) is 60.7 Å². The van der Waals surface area contributed by atoms with Crippen molar-refractivity contribution in [2.75, 3.05) is 6.61 Å². The van der Waals surface area contributed by atoms with Crippen molar-refractivity contribution in [3.05, 3.63) is 94.8 Å². The van der Waals surface area contributed by atoms with Crippen LogP contribution in [0, 0.1) is 0 Å². The highest BCUT2D eigenvalue weighted by atomic mass is 16.6. The highest BCUT2D eigenvalue weighted by Gasteiger charge is 2.48. The van der Waals surface area contributed by atoms with Gasteiger partial charge in [0, 0.05) is 0 Å². The molecular weight excluding hydrogens is 456 g/mol. The zero-order valence-electron chi connectivity index (χ0n) is 18.2. The van der Waals surface area contributed by atoms with Gasteiger partial charge < -0.3 is 24.3 Å². The summed E-state index contributed by atoms with van der Waals surface area (Å²) in [5.74, 6) is -1.27. The molecule has 4 atom stereocenters. The maximum absolute atomic E-state index is 12.7. The highest BCUT2D eigenvalue weighted by molar-refractivity contribution is 5.90. The molecule has 3 heterocycles. The molecule has 2 N–H and O–H groups in total. The quantitative estimate of drug-likeness (QED) is 0.395. The topological polar surface area (TPSA) is 146 Å². The van der Waals surface area contributed by atoms with Gasteiger partial charge in [-0.05, 0) is 24.3 Å². The first-order valence-electron chi connectivity index (χ1n) is 10.7. The molecule has 0 spiro atoms. The smallest absolute Gasteiger partial charge is 0.338 e. The maximum Gasteiger partial charge on any atom is 0.338 e. The summed E-state index contributed by atoms with van der Waals surface area (Å²) in [6, 6.07) is 16.6. The van der Waals surface area contributed by atoms with Gasteiger partial charge in [0.2, 0.25) is 0 Å². The molecule has 178 valence electrons. The van der Waals surface area contributed by atoms with Gasteiger partial charge in [-0.3, -0.25) is 9.36 Å². The van der Waals surface area contributed by atoms with Crippen LogP contribution in [0.15, 0.2) is 78.1 Å². The van der Waals surface area contributed by atoms with E-state index in [-0.39, 0.29) is 23.3 Å². The largest absolute Gasteiger partial charge is 0.459 e. The number of carbonyl (C=O) groups excluding carboxylic acids is 2. The van der Waals surface area contributed by atoms with Crippen LogP contribution in [0.4, 0.5) is 0 Å². The fourth-order valence-electron chi connectivity index (χ4n) is 3.86. The summed E-state index contributed by atoms with van der Waals surface area (Å²) in [6.45, 7) is -0.297. The number of nitrogens with one attached hydrogen (secondary N) is 1. The number of hydrogen-bond acceptors (Lipinski definition) is 9. The van der Waals surface area contributed by atoms with Gasteiger partial charge in [0.15, 0.2) is 23.5 Å². The van der Waals surface area contributed by atoms with Crippen molar-refractivity contribution in [2.24, 2.45) is 0 Å². The number of imidazole rings is 1. The number of H-pyrrole nitrogens is 1. The number of hydrogen-bond donors (Lipinski definition) is 2. The number of aromatic nitrogens is 4. The van der Waals surface area contributed by atoms with E-state index in [1.807, 2.05) is 0 Å². The van der Waals surface area contributed by atoms with E-state index in [0.29, 0.717) is 5.56 Å². The normalized spacial score (nSPS) is 21.6. The van der Waals surface area contributed by atoms with E-state index in [9.17, 15) is 19.5 Å². The lowest BCUT2D eigenvalue weighted by Crippen LogP contribution is -2.38. The predicted molar refractivity (Wildman–Crippen MR) is 120 cm³/mol. The molecule has 5 rings (SSSR count). The predicted octanol–water partition coefficient (Wildman–Crippen LogP) is 1.46. The van der Waals surface area contributed by atoms with Gasteiger partial charge in [0.25, 0.3) is 5.56 Å². The van der Waals surface area contributed by atoms with Gasteiger partial charge in [-0.25, -0.2) is 19.6 Å². The molecule has 0 aliphatic carbocycles. The van der Waals surface area contributed by atoms with E-state index in [2.05, 4.69) is 15.0 Å². The van der Waals surface area contributed by atoms with Crippen molar-refractivity contribution in [3.63, 3.8) is 0 Å². The molecule has 4 aromatic rings. The Labute approximate surface area is 197 Å². The third kappa shape index (κ3) is 4.42. The van der Waals surface area contributed by atoms with Gasteiger partial charge in [0.05, 0.1) is 23.8 Å². The summed E-state index contributed by atoms with van der Waals surface area (Å²) < 4.78 is 18.3. The zero-order chi connectivity index (χ0) is 24.4. The van der Waals surface area contributed by atoms with Crippen LogP contribution in [0.2, 0.25) is 0 Å². The van der Waals surface area contributed by atoms with Crippen molar-refractivity contribution >= 4 is 23.1 Å².